The van der Waals surface area contributed by atoms with Crippen molar-refractivity contribution in [3.05, 3.63) is 41.7 Å². The van der Waals surface area contributed by atoms with Gasteiger partial charge in [0.25, 0.3) is 0 Å². The monoisotopic (exact) mass is 371 g/mol. The van der Waals surface area contributed by atoms with Gasteiger partial charge in [0.1, 0.15) is 5.75 Å². The molecule has 3 heterocycles. The molecule has 0 spiro atoms. The first kappa shape index (κ1) is 18.4. The maximum Gasteiger partial charge on any atom is 0.119 e. The third-order valence-electron chi connectivity index (χ3n) is 5.34. The highest BCUT2D eigenvalue weighted by atomic mass is 16.5. The molecule has 7 heteroatoms. The molecule has 0 radical (unpaired) electrons. The molecule has 1 aromatic carbocycles. The highest BCUT2D eigenvalue weighted by Crippen LogP contribution is 2.30. The number of nitrogens with zero attached hydrogens (tertiary/aromatic N) is 5. The lowest BCUT2D eigenvalue weighted by atomic mass is 10.00. The standard InChI is InChI=1S/C20H29N5O2/c1-23(2)8-4-10-26-18-6-3-5-16(11-18)13-24-9-7-20-19(14-24)25-17(15-27-20)12-21-22-25/h3,5-6,11-12,19-20H,4,7-10,13-15H2,1-2H3/t19-,20-/m1/s1. The van der Waals surface area contributed by atoms with Crippen LogP contribution in [0.15, 0.2) is 30.5 Å². The Bertz CT molecular complexity index is 747. The Morgan fingerprint density at radius 2 is 2.26 bits per heavy atom. The summed E-state index contributed by atoms with van der Waals surface area (Å²) in [6.07, 6.45) is 4.13. The van der Waals surface area contributed by atoms with Crippen molar-refractivity contribution in [1.29, 1.82) is 0 Å². The fourth-order valence-corrected chi connectivity index (χ4v) is 3.95. The van der Waals surface area contributed by atoms with Gasteiger partial charge in [-0.2, -0.15) is 0 Å². The van der Waals surface area contributed by atoms with Crippen LogP contribution in [-0.2, 0) is 17.9 Å². The second-order valence-electron chi connectivity index (χ2n) is 7.76. The van der Waals surface area contributed by atoms with Crippen LogP contribution in [0.3, 0.4) is 0 Å². The van der Waals surface area contributed by atoms with Crippen molar-refractivity contribution in [3.8, 4) is 5.75 Å². The number of aromatic nitrogens is 3. The molecule has 0 amide bonds. The lowest BCUT2D eigenvalue weighted by Crippen LogP contribution is -2.47. The lowest BCUT2D eigenvalue weighted by Gasteiger charge is -2.41. The Morgan fingerprint density at radius 1 is 1.33 bits per heavy atom. The van der Waals surface area contributed by atoms with Gasteiger partial charge < -0.3 is 14.4 Å². The van der Waals surface area contributed by atoms with Crippen LogP contribution in [0.5, 0.6) is 5.75 Å². The first-order valence-corrected chi connectivity index (χ1v) is 9.78. The zero-order chi connectivity index (χ0) is 18.6. The third kappa shape index (κ3) is 4.48. The van der Waals surface area contributed by atoms with Gasteiger partial charge in [-0.1, -0.05) is 17.3 Å². The largest absolute Gasteiger partial charge is 0.494 e. The van der Waals surface area contributed by atoms with Crippen LogP contribution in [-0.4, -0.2) is 71.2 Å². The molecule has 2 aliphatic heterocycles. The number of rotatable bonds is 7. The molecule has 7 nitrogen and oxygen atoms in total. The van der Waals surface area contributed by atoms with Crippen molar-refractivity contribution in [2.75, 3.05) is 40.3 Å². The first-order chi connectivity index (χ1) is 13.2. The summed E-state index contributed by atoms with van der Waals surface area (Å²) < 4.78 is 14.0. The molecule has 2 aromatic rings. The van der Waals surface area contributed by atoms with Gasteiger partial charge in [0, 0.05) is 26.2 Å². The molecule has 4 rings (SSSR count). The molecule has 0 aliphatic carbocycles. The van der Waals surface area contributed by atoms with Gasteiger partial charge in [0.05, 0.1) is 37.3 Å². The molecule has 0 N–H and O–H groups in total. The van der Waals surface area contributed by atoms with Gasteiger partial charge in [-0.25, -0.2) is 4.68 Å². The van der Waals surface area contributed by atoms with Crippen molar-refractivity contribution in [2.24, 2.45) is 0 Å². The maximum atomic E-state index is 6.01. The smallest absolute Gasteiger partial charge is 0.119 e. The number of piperidine rings is 1. The van der Waals surface area contributed by atoms with Gasteiger partial charge in [0.2, 0.25) is 0 Å². The first-order valence-electron chi connectivity index (χ1n) is 9.78. The Kier molecular flexibility index (Phi) is 5.71. The van der Waals surface area contributed by atoms with E-state index in [0.717, 1.165) is 57.1 Å². The molecule has 2 aliphatic rings. The summed E-state index contributed by atoms with van der Waals surface area (Å²) >= 11 is 0. The minimum absolute atomic E-state index is 0.252. The molecular formula is C20H29N5O2. The number of likely N-dealkylation sites (tertiary alicyclic amines) is 1. The van der Waals surface area contributed by atoms with Crippen molar-refractivity contribution in [2.45, 2.75) is 38.1 Å². The van der Waals surface area contributed by atoms with Crippen LogP contribution >= 0.6 is 0 Å². The Morgan fingerprint density at radius 3 is 3.15 bits per heavy atom. The van der Waals surface area contributed by atoms with E-state index in [1.807, 2.05) is 12.3 Å². The van der Waals surface area contributed by atoms with Crippen LogP contribution < -0.4 is 4.74 Å². The molecule has 1 saturated heterocycles. The van der Waals surface area contributed by atoms with Gasteiger partial charge in [-0.05, 0) is 44.6 Å². The number of ether oxygens (including phenoxy) is 2. The Balaban J connectivity index is 1.34. The van der Waals surface area contributed by atoms with Gasteiger partial charge in [-0.3, -0.25) is 4.90 Å². The van der Waals surface area contributed by atoms with E-state index in [0.29, 0.717) is 6.61 Å². The minimum atomic E-state index is 0.252. The van der Waals surface area contributed by atoms with Crippen molar-refractivity contribution in [3.63, 3.8) is 0 Å². The zero-order valence-electron chi connectivity index (χ0n) is 16.3. The van der Waals surface area contributed by atoms with Crippen LogP contribution in [0, 0.1) is 0 Å². The van der Waals surface area contributed by atoms with E-state index in [2.05, 4.69) is 57.1 Å². The van der Waals surface area contributed by atoms with E-state index in [4.69, 9.17) is 9.47 Å². The topological polar surface area (TPSA) is 55.6 Å². The zero-order valence-corrected chi connectivity index (χ0v) is 16.3. The number of hydrogen-bond donors (Lipinski definition) is 0. The van der Waals surface area contributed by atoms with Crippen molar-refractivity contribution in [1.82, 2.24) is 24.8 Å². The van der Waals surface area contributed by atoms with E-state index in [1.165, 1.54) is 5.56 Å². The minimum Gasteiger partial charge on any atom is -0.494 e. The summed E-state index contributed by atoms with van der Waals surface area (Å²) in [5, 5.41) is 8.34. The highest BCUT2D eigenvalue weighted by molar-refractivity contribution is 5.28. The molecule has 0 unspecified atom stereocenters. The summed E-state index contributed by atoms with van der Waals surface area (Å²) in [5.41, 5.74) is 2.36. The second kappa shape index (κ2) is 8.37. The molecule has 1 fully saturated rings. The number of benzene rings is 1. The fourth-order valence-electron chi connectivity index (χ4n) is 3.95. The third-order valence-corrected chi connectivity index (χ3v) is 5.34. The normalized spacial score (nSPS) is 22.5. The number of hydrogen-bond acceptors (Lipinski definition) is 6. The SMILES string of the molecule is CN(C)CCCOc1cccc(CN2CC[C@H]3OCc4cnnn4[C@@H]3C2)c1. The molecular weight excluding hydrogens is 342 g/mol. The summed E-state index contributed by atoms with van der Waals surface area (Å²) in [6, 6.07) is 8.73. The predicted molar refractivity (Wildman–Crippen MR) is 103 cm³/mol. The van der Waals surface area contributed by atoms with E-state index < -0.39 is 0 Å². The summed E-state index contributed by atoms with van der Waals surface area (Å²) in [7, 11) is 4.17. The van der Waals surface area contributed by atoms with Crippen molar-refractivity contribution < 1.29 is 9.47 Å². The molecule has 0 bridgehead atoms. The van der Waals surface area contributed by atoms with Gasteiger partial charge in [-0.15, -0.1) is 5.10 Å². The van der Waals surface area contributed by atoms with Crippen LogP contribution in [0.1, 0.15) is 30.1 Å². The van der Waals surface area contributed by atoms with Crippen LogP contribution in [0.25, 0.3) is 0 Å². The van der Waals surface area contributed by atoms with Crippen LogP contribution in [0.4, 0.5) is 0 Å². The second-order valence-corrected chi connectivity index (χ2v) is 7.76. The molecule has 1 aromatic heterocycles. The maximum absolute atomic E-state index is 6.01. The molecule has 27 heavy (non-hydrogen) atoms. The summed E-state index contributed by atoms with van der Waals surface area (Å²) in [5.74, 6) is 0.959. The molecule has 146 valence electrons. The molecule has 2 atom stereocenters. The average Bonchev–Trinajstić information content (AvgIpc) is 3.15. The average molecular weight is 371 g/mol. The van der Waals surface area contributed by atoms with E-state index in [-0.39, 0.29) is 12.1 Å². The lowest BCUT2D eigenvalue weighted by molar-refractivity contribution is -0.0669. The van der Waals surface area contributed by atoms with E-state index >= 15 is 0 Å². The van der Waals surface area contributed by atoms with Gasteiger partial charge in [0.15, 0.2) is 0 Å². The predicted octanol–water partition coefficient (Wildman–Crippen LogP) is 1.95. The van der Waals surface area contributed by atoms with Crippen LogP contribution in [0.2, 0.25) is 0 Å². The summed E-state index contributed by atoms with van der Waals surface area (Å²) in [4.78, 5) is 4.66. The Labute approximate surface area is 160 Å². The quantitative estimate of drug-likeness (QED) is 0.694. The van der Waals surface area contributed by atoms with E-state index in [9.17, 15) is 0 Å². The van der Waals surface area contributed by atoms with E-state index in [1.54, 1.807) is 0 Å². The van der Waals surface area contributed by atoms with Crippen molar-refractivity contribution >= 4 is 0 Å². The summed E-state index contributed by atoms with van der Waals surface area (Å²) in [6.45, 7) is 5.32. The fraction of sp³-hybridized carbons (Fsp3) is 0.600. The number of fused-ring (bicyclic) bond motifs is 3. The highest BCUT2D eigenvalue weighted by Gasteiger charge is 2.36. The molecule has 0 saturated carbocycles. The Hall–Kier alpha value is -1.96. The van der Waals surface area contributed by atoms with Gasteiger partial charge >= 0.3 is 0 Å².